The van der Waals surface area contributed by atoms with Crippen LogP contribution >= 0.6 is 11.8 Å². The van der Waals surface area contributed by atoms with Crippen LogP contribution in [0.15, 0.2) is 108 Å². The lowest BCUT2D eigenvalue weighted by Gasteiger charge is -2.20. The molecule has 1 atom stereocenters. The number of anilines is 1. The van der Waals surface area contributed by atoms with Gasteiger partial charge in [-0.3, -0.25) is 14.7 Å². The number of urea groups is 1. The van der Waals surface area contributed by atoms with Gasteiger partial charge in [-0.1, -0.05) is 91.0 Å². The molecule has 0 bridgehead atoms. The van der Waals surface area contributed by atoms with Crippen molar-refractivity contribution < 1.29 is 9.72 Å². The van der Waals surface area contributed by atoms with Crippen LogP contribution < -0.4 is 10.6 Å². The highest BCUT2D eigenvalue weighted by Gasteiger charge is 2.25. The van der Waals surface area contributed by atoms with Gasteiger partial charge in [0.15, 0.2) is 11.0 Å². The van der Waals surface area contributed by atoms with E-state index in [0.29, 0.717) is 34.5 Å². The van der Waals surface area contributed by atoms with E-state index in [4.69, 9.17) is 0 Å². The van der Waals surface area contributed by atoms with Crippen molar-refractivity contribution in [2.24, 2.45) is 0 Å². The number of aryl methyl sites for hydroxylation is 2. The summed E-state index contributed by atoms with van der Waals surface area (Å²) >= 11 is 1.51. The number of hydrogen-bond acceptors (Lipinski definition) is 6. The number of aromatic nitrogens is 3. The topological polar surface area (TPSA) is 115 Å². The Bertz CT molecular complexity index is 1690. The van der Waals surface area contributed by atoms with Crippen molar-refractivity contribution in [3.05, 3.63) is 141 Å². The summed E-state index contributed by atoms with van der Waals surface area (Å²) in [6.45, 7) is 4.13. The molecule has 0 saturated heterocycles. The van der Waals surface area contributed by atoms with Crippen LogP contribution in [0.2, 0.25) is 0 Å². The number of carbonyl (C=O) groups is 1. The molecule has 2 amide bonds. The van der Waals surface area contributed by atoms with Crippen LogP contribution in [-0.4, -0.2) is 25.7 Å². The molecule has 0 fully saturated rings. The maximum atomic E-state index is 13.3. The van der Waals surface area contributed by atoms with Crippen molar-refractivity contribution in [3.63, 3.8) is 0 Å². The molecule has 43 heavy (non-hydrogen) atoms. The third-order valence-electron chi connectivity index (χ3n) is 6.95. The lowest BCUT2D eigenvalue weighted by Crippen LogP contribution is -2.35. The number of thioether (sulfide) groups is 1. The largest absolute Gasteiger partial charge is 0.327 e. The SMILES string of the molecule is CCc1ccc(NC(=O)NC(Cc2ccccc2)c2nnc(SCc3cccc(C)c3)n2-c2ccc([N+](=O)[O-])cc2)cc1. The second-order valence-electron chi connectivity index (χ2n) is 10.1. The fourth-order valence-electron chi connectivity index (χ4n) is 4.72. The third kappa shape index (κ3) is 7.66. The number of nitro benzene ring substituents is 1. The second kappa shape index (κ2) is 13.8. The molecule has 218 valence electrons. The van der Waals surface area contributed by atoms with Crippen LogP contribution in [0.4, 0.5) is 16.2 Å². The molecule has 0 aliphatic heterocycles. The van der Waals surface area contributed by atoms with E-state index in [2.05, 4.69) is 52.9 Å². The summed E-state index contributed by atoms with van der Waals surface area (Å²) in [5, 5.41) is 27.1. The van der Waals surface area contributed by atoms with Crippen LogP contribution in [0.1, 0.15) is 41.0 Å². The van der Waals surface area contributed by atoms with Gasteiger partial charge in [0.25, 0.3) is 5.69 Å². The number of rotatable bonds is 11. The lowest BCUT2D eigenvalue weighted by atomic mass is 10.1. The zero-order chi connectivity index (χ0) is 30.2. The van der Waals surface area contributed by atoms with Crippen molar-refractivity contribution in [1.29, 1.82) is 0 Å². The average Bonchev–Trinajstić information content (AvgIpc) is 3.44. The molecule has 4 aromatic carbocycles. The number of non-ortho nitro benzene ring substituents is 1. The van der Waals surface area contributed by atoms with Gasteiger partial charge in [0.05, 0.1) is 11.0 Å². The summed E-state index contributed by atoms with van der Waals surface area (Å²) in [7, 11) is 0. The smallest absolute Gasteiger partial charge is 0.319 e. The monoisotopic (exact) mass is 592 g/mol. The summed E-state index contributed by atoms with van der Waals surface area (Å²) in [5.74, 6) is 1.17. The van der Waals surface area contributed by atoms with Gasteiger partial charge in [0, 0.05) is 35.7 Å². The summed E-state index contributed by atoms with van der Waals surface area (Å²) in [6.07, 6.45) is 1.37. The van der Waals surface area contributed by atoms with Crippen molar-refractivity contribution in [3.8, 4) is 5.69 Å². The first-order valence-electron chi connectivity index (χ1n) is 14.0. The zero-order valence-corrected chi connectivity index (χ0v) is 24.8. The standard InChI is InChI=1S/C33H32N6O3S/c1-3-24-12-14-27(15-13-24)34-32(40)35-30(21-25-9-5-4-6-10-25)31-36-37-33(43-22-26-11-7-8-23(2)20-26)38(31)28-16-18-29(19-17-28)39(41)42/h4-20,30H,3,21-22H2,1-2H3,(H2,34,35,40). The molecular weight excluding hydrogens is 560 g/mol. The molecule has 1 heterocycles. The summed E-state index contributed by atoms with van der Waals surface area (Å²) < 4.78 is 1.87. The first-order valence-corrected chi connectivity index (χ1v) is 15.0. The highest BCUT2D eigenvalue weighted by atomic mass is 32.2. The number of nitrogens with one attached hydrogen (secondary N) is 2. The quantitative estimate of drug-likeness (QED) is 0.0936. The molecule has 2 N–H and O–H groups in total. The molecule has 1 unspecified atom stereocenters. The summed E-state index contributed by atoms with van der Waals surface area (Å²) in [6, 6.07) is 31.2. The number of carbonyl (C=O) groups excluding carboxylic acids is 1. The Morgan fingerprint density at radius 2 is 1.63 bits per heavy atom. The fourth-order valence-corrected chi connectivity index (χ4v) is 5.62. The normalized spacial score (nSPS) is 11.6. The van der Waals surface area contributed by atoms with Gasteiger partial charge in [-0.05, 0) is 54.3 Å². The molecular formula is C33H32N6O3S. The van der Waals surface area contributed by atoms with Gasteiger partial charge < -0.3 is 10.6 Å². The lowest BCUT2D eigenvalue weighted by molar-refractivity contribution is -0.384. The van der Waals surface area contributed by atoms with Crippen molar-refractivity contribution >= 4 is 29.2 Å². The third-order valence-corrected chi connectivity index (χ3v) is 7.95. The Hall–Kier alpha value is -4.96. The predicted octanol–water partition coefficient (Wildman–Crippen LogP) is 7.44. The zero-order valence-electron chi connectivity index (χ0n) is 23.9. The minimum Gasteiger partial charge on any atom is -0.327 e. The Balaban J connectivity index is 1.50. The number of nitro groups is 1. The van der Waals surface area contributed by atoms with Gasteiger partial charge >= 0.3 is 6.03 Å². The maximum absolute atomic E-state index is 13.3. The van der Waals surface area contributed by atoms with E-state index < -0.39 is 11.0 Å². The number of amides is 2. The first-order chi connectivity index (χ1) is 20.9. The van der Waals surface area contributed by atoms with E-state index in [-0.39, 0.29) is 11.7 Å². The Kier molecular flexibility index (Phi) is 9.48. The summed E-state index contributed by atoms with van der Waals surface area (Å²) in [5.41, 5.74) is 5.81. The van der Waals surface area contributed by atoms with Crippen LogP contribution in [0.3, 0.4) is 0 Å². The number of benzene rings is 4. The Labute approximate surface area is 254 Å². The predicted molar refractivity (Wildman–Crippen MR) is 170 cm³/mol. The first kappa shape index (κ1) is 29.5. The fraction of sp³-hybridized carbons (Fsp3) is 0.182. The molecule has 0 saturated carbocycles. The second-order valence-corrected chi connectivity index (χ2v) is 11.1. The Morgan fingerprint density at radius 3 is 2.30 bits per heavy atom. The highest BCUT2D eigenvalue weighted by Crippen LogP contribution is 2.30. The Morgan fingerprint density at radius 1 is 0.907 bits per heavy atom. The van der Waals surface area contributed by atoms with Crippen LogP contribution in [0.25, 0.3) is 5.69 Å². The molecule has 10 heteroatoms. The minimum atomic E-state index is -0.562. The highest BCUT2D eigenvalue weighted by molar-refractivity contribution is 7.98. The molecule has 0 aliphatic rings. The van der Waals surface area contributed by atoms with E-state index in [0.717, 1.165) is 23.1 Å². The molecule has 5 rings (SSSR count). The molecule has 0 aliphatic carbocycles. The van der Waals surface area contributed by atoms with E-state index in [1.54, 1.807) is 12.1 Å². The van der Waals surface area contributed by atoms with Gasteiger partial charge in [0.2, 0.25) is 0 Å². The molecule has 0 radical (unpaired) electrons. The number of nitrogens with zero attached hydrogens (tertiary/aromatic N) is 4. The van der Waals surface area contributed by atoms with Gasteiger partial charge in [-0.2, -0.15) is 0 Å². The molecule has 1 aromatic heterocycles. The van der Waals surface area contributed by atoms with E-state index >= 15 is 0 Å². The van der Waals surface area contributed by atoms with Crippen LogP contribution in [-0.2, 0) is 18.6 Å². The molecule has 0 spiro atoms. The molecule has 5 aromatic rings. The summed E-state index contributed by atoms with van der Waals surface area (Å²) in [4.78, 5) is 24.2. The van der Waals surface area contributed by atoms with Crippen LogP contribution in [0.5, 0.6) is 0 Å². The van der Waals surface area contributed by atoms with E-state index in [1.807, 2.05) is 65.2 Å². The number of hydrogen-bond donors (Lipinski definition) is 2. The van der Waals surface area contributed by atoms with Gasteiger partial charge in [-0.25, -0.2) is 4.79 Å². The maximum Gasteiger partial charge on any atom is 0.319 e. The minimum absolute atomic E-state index is 0.0141. The van der Waals surface area contributed by atoms with Crippen molar-refractivity contribution in [2.75, 3.05) is 5.32 Å². The van der Waals surface area contributed by atoms with Gasteiger partial charge in [0.1, 0.15) is 0 Å². The van der Waals surface area contributed by atoms with Crippen molar-refractivity contribution in [2.45, 2.75) is 43.6 Å². The van der Waals surface area contributed by atoms with Crippen LogP contribution in [0, 0.1) is 17.0 Å². The van der Waals surface area contributed by atoms with E-state index in [1.165, 1.54) is 29.5 Å². The van der Waals surface area contributed by atoms with E-state index in [9.17, 15) is 14.9 Å². The average molecular weight is 593 g/mol. The van der Waals surface area contributed by atoms with Gasteiger partial charge in [-0.15, -0.1) is 10.2 Å². The molecule has 9 nitrogen and oxygen atoms in total. The van der Waals surface area contributed by atoms with Crippen molar-refractivity contribution in [1.82, 2.24) is 20.1 Å².